The van der Waals surface area contributed by atoms with Gasteiger partial charge in [-0.1, -0.05) is 18.5 Å². The summed E-state index contributed by atoms with van der Waals surface area (Å²) in [6.07, 6.45) is 1.07. The van der Waals surface area contributed by atoms with Gasteiger partial charge in [0.15, 0.2) is 0 Å². The minimum absolute atomic E-state index is 0.0544. The number of rotatable bonds is 3. The largest absolute Gasteiger partial charge is 0.387 e. The number of halogens is 1. The predicted molar refractivity (Wildman–Crippen MR) is 66.0 cm³/mol. The van der Waals surface area contributed by atoms with E-state index >= 15 is 0 Å². The highest BCUT2D eigenvalue weighted by Crippen LogP contribution is 2.30. The standard InChI is InChI=1S/C12H15ClN2O/c1-7-5-11(7)15-12(16)9-6-8(13)3-4-10(9)14-2/h3-4,6-7,11,14H,5H2,1-2H3,(H,15,16). The number of anilines is 1. The van der Waals surface area contributed by atoms with Gasteiger partial charge in [-0.15, -0.1) is 0 Å². The second-order valence-electron chi connectivity index (χ2n) is 4.23. The zero-order valence-corrected chi connectivity index (χ0v) is 10.1. The van der Waals surface area contributed by atoms with E-state index in [2.05, 4.69) is 17.6 Å². The van der Waals surface area contributed by atoms with Gasteiger partial charge in [0, 0.05) is 23.8 Å². The third-order valence-electron chi connectivity index (χ3n) is 2.92. The molecule has 0 radical (unpaired) electrons. The van der Waals surface area contributed by atoms with Crippen LogP contribution in [0.1, 0.15) is 23.7 Å². The van der Waals surface area contributed by atoms with Crippen molar-refractivity contribution in [2.24, 2.45) is 5.92 Å². The molecule has 3 nitrogen and oxygen atoms in total. The first-order valence-electron chi connectivity index (χ1n) is 5.40. The lowest BCUT2D eigenvalue weighted by Crippen LogP contribution is -2.27. The van der Waals surface area contributed by atoms with Crippen molar-refractivity contribution in [2.45, 2.75) is 19.4 Å². The van der Waals surface area contributed by atoms with Crippen molar-refractivity contribution in [1.29, 1.82) is 0 Å². The van der Waals surface area contributed by atoms with Crippen LogP contribution in [0.15, 0.2) is 18.2 Å². The summed E-state index contributed by atoms with van der Waals surface area (Å²) < 4.78 is 0. The van der Waals surface area contributed by atoms with Crippen LogP contribution in [0.25, 0.3) is 0 Å². The van der Waals surface area contributed by atoms with Gasteiger partial charge in [-0.3, -0.25) is 4.79 Å². The van der Waals surface area contributed by atoms with Gasteiger partial charge >= 0.3 is 0 Å². The average Bonchev–Trinajstić information content (AvgIpc) is 2.94. The van der Waals surface area contributed by atoms with Gasteiger partial charge in [0.25, 0.3) is 5.91 Å². The van der Waals surface area contributed by atoms with Crippen LogP contribution in [-0.4, -0.2) is 19.0 Å². The van der Waals surface area contributed by atoms with Crippen molar-refractivity contribution in [2.75, 3.05) is 12.4 Å². The zero-order valence-electron chi connectivity index (χ0n) is 9.38. The Kier molecular flexibility index (Phi) is 3.06. The summed E-state index contributed by atoms with van der Waals surface area (Å²) in [4.78, 5) is 12.0. The van der Waals surface area contributed by atoms with E-state index in [-0.39, 0.29) is 5.91 Å². The Hall–Kier alpha value is -1.22. The minimum atomic E-state index is -0.0544. The van der Waals surface area contributed by atoms with Gasteiger partial charge in [-0.25, -0.2) is 0 Å². The van der Waals surface area contributed by atoms with Gasteiger partial charge in [-0.05, 0) is 30.5 Å². The molecule has 1 aliphatic carbocycles. The summed E-state index contributed by atoms with van der Waals surface area (Å²) in [6, 6.07) is 5.60. The number of nitrogens with one attached hydrogen (secondary N) is 2. The Labute approximate surface area is 100 Å². The topological polar surface area (TPSA) is 41.1 Å². The van der Waals surface area contributed by atoms with Crippen LogP contribution in [0.3, 0.4) is 0 Å². The molecule has 86 valence electrons. The smallest absolute Gasteiger partial charge is 0.253 e. The summed E-state index contributed by atoms with van der Waals surface area (Å²) in [5, 5.41) is 6.55. The molecule has 2 unspecified atom stereocenters. The Morgan fingerprint density at radius 1 is 1.50 bits per heavy atom. The Bertz CT molecular complexity index is 419. The van der Waals surface area contributed by atoms with Crippen LogP contribution in [0, 0.1) is 5.92 Å². The van der Waals surface area contributed by atoms with Crippen molar-refractivity contribution in [3.8, 4) is 0 Å². The minimum Gasteiger partial charge on any atom is -0.387 e. The average molecular weight is 239 g/mol. The van der Waals surface area contributed by atoms with Crippen LogP contribution in [0.4, 0.5) is 5.69 Å². The molecule has 2 rings (SSSR count). The normalized spacial score (nSPS) is 22.7. The van der Waals surface area contributed by atoms with E-state index in [0.717, 1.165) is 12.1 Å². The number of benzene rings is 1. The molecular weight excluding hydrogens is 224 g/mol. The molecule has 16 heavy (non-hydrogen) atoms. The molecule has 1 aliphatic rings. The lowest BCUT2D eigenvalue weighted by Gasteiger charge is -2.09. The number of carbonyl (C=O) groups excluding carboxylic acids is 1. The van der Waals surface area contributed by atoms with E-state index in [1.165, 1.54) is 0 Å². The molecule has 1 saturated carbocycles. The Morgan fingerprint density at radius 3 is 2.75 bits per heavy atom. The van der Waals surface area contributed by atoms with Crippen molar-refractivity contribution in [1.82, 2.24) is 5.32 Å². The van der Waals surface area contributed by atoms with Crippen LogP contribution < -0.4 is 10.6 Å². The van der Waals surface area contributed by atoms with Gasteiger partial charge in [-0.2, -0.15) is 0 Å². The number of amides is 1. The molecule has 4 heteroatoms. The van der Waals surface area contributed by atoms with Gasteiger partial charge in [0.2, 0.25) is 0 Å². The number of hydrogen-bond donors (Lipinski definition) is 2. The molecule has 0 aliphatic heterocycles. The first kappa shape index (κ1) is 11.3. The molecular formula is C12H15ClN2O. The molecule has 1 aromatic carbocycles. The highest BCUT2D eigenvalue weighted by atomic mass is 35.5. The molecule has 0 aromatic heterocycles. The predicted octanol–water partition coefficient (Wildman–Crippen LogP) is 2.52. The Balaban J connectivity index is 2.17. The van der Waals surface area contributed by atoms with Gasteiger partial charge in [0.1, 0.15) is 0 Å². The van der Waals surface area contributed by atoms with Crippen molar-refractivity contribution in [3.05, 3.63) is 28.8 Å². The fraction of sp³-hybridized carbons (Fsp3) is 0.417. The van der Waals surface area contributed by atoms with E-state index in [1.54, 1.807) is 19.2 Å². The van der Waals surface area contributed by atoms with Crippen LogP contribution in [0.5, 0.6) is 0 Å². The second kappa shape index (κ2) is 4.34. The molecule has 0 bridgehead atoms. The maximum absolute atomic E-state index is 12.0. The fourth-order valence-corrected chi connectivity index (χ4v) is 1.86. The van der Waals surface area contributed by atoms with Crippen molar-refractivity contribution < 1.29 is 4.79 Å². The number of carbonyl (C=O) groups is 1. The van der Waals surface area contributed by atoms with Crippen LogP contribution >= 0.6 is 11.6 Å². The molecule has 0 spiro atoms. The highest BCUT2D eigenvalue weighted by Gasteiger charge is 2.34. The van der Waals surface area contributed by atoms with E-state index < -0.39 is 0 Å². The molecule has 2 atom stereocenters. The lowest BCUT2D eigenvalue weighted by molar-refractivity contribution is 0.0950. The van der Waals surface area contributed by atoms with Crippen molar-refractivity contribution in [3.63, 3.8) is 0 Å². The maximum Gasteiger partial charge on any atom is 0.253 e. The van der Waals surface area contributed by atoms with E-state index in [9.17, 15) is 4.79 Å². The molecule has 0 heterocycles. The van der Waals surface area contributed by atoms with E-state index in [1.807, 2.05) is 6.07 Å². The first-order valence-corrected chi connectivity index (χ1v) is 5.77. The molecule has 2 N–H and O–H groups in total. The first-order chi connectivity index (χ1) is 7.61. The van der Waals surface area contributed by atoms with Crippen molar-refractivity contribution >= 4 is 23.2 Å². The van der Waals surface area contributed by atoms with Gasteiger partial charge < -0.3 is 10.6 Å². The second-order valence-corrected chi connectivity index (χ2v) is 4.67. The van der Waals surface area contributed by atoms with Crippen LogP contribution in [-0.2, 0) is 0 Å². The lowest BCUT2D eigenvalue weighted by atomic mass is 10.1. The molecule has 1 amide bonds. The summed E-state index contributed by atoms with van der Waals surface area (Å²) in [5.41, 5.74) is 1.41. The third kappa shape index (κ3) is 2.30. The Morgan fingerprint density at radius 2 is 2.19 bits per heavy atom. The summed E-state index contributed by atoms with van der Waals surface area (Å²) in [5.74, 6) is 0.544. The quantitative estimate of drug-likeness (QED) is 0.850. The maximum atomic E-state index is 12.0. The monoisotopic (exact) mass is 238 g/mol. The fourth-order valence-electron chi connectivity index (χ4n) is 1.69. The molecule has 1 fully saturated rings. The van der Waals surface area contributed by atoms with E-state index in [4.69, 9.17) is 11.6 Å². The zero-order chi connectivity index (χ0) is 11.7. The molecule has 1 aromatic rings. The SMILES string of the molecule is CNc1ccc(Cl)cc1C(=O)NC1CC1C. The van der Waals surface area contributed by atoms with E-state index in [0.29, 0.717) is 22.5 Å². The summed E-state index contributed by atoms with van der Waals surface area (Å²) in [7, 11) is 1.79. The summed E-state index contributed by atoms with van der Waals surface area (Å²) >= 11 is 5.89. The highest BCUT2D eigenvalue weighted by molar-refractivity contribution is 6.31. The molecule has 0 saturated heterocycles. The third-order valence-corrected chi connectivity index (χ3v) is 3.16. The van der Waals surface area contributed by atoms with Gasteiger partial charge in [0.05, 0.1) is 5.56 Å². The van der Waals surface area contributed by atoms with Crippen LogP contribution in [0.2, 0.25) is 5.02 Å². The summed E-state index contributed by atoms with van der Waals surface area (Å²) in [6.45, 7) is 2.13. The number of hydrogen-bond acceptors (Lipinski definition) is 2.